The fourth-order valence-corrected chi connectivity index (χ4v) is 3.04. The van der Waals surface area contributed by atoms with Crippen molar-refractivity contribution < 1.29 is 35.9 Å². The van der Waals surface area contributed by atoms with Gasteiger partial charge >= 0.3 is 18.4 Å². The number of likely N-dealkylation sites (tertiary alicyclic amines) is 1. The summed E-state index contributed by atoms with van der Waals surface area (Å²) >= 11 is 5.28. The summed E-state index contributed by atoms with van der Waals surface area (Å²) in [5.41, 5.74) is -2.09. The fourth-order valence-electron chi connectivity index (χ4n) is 2.93. The normalized spacial score (nSPS) is 15.2. The minimum absolute atomic E-state index is 0.0537. The average molecular weight is 527 g/mol. The standard InChI is InChI=1S/C16H22F3N3O2.C6H3ClF3N/c1-15(2,3)24-14(23)22-8-6-12(7-9-22)21-13-5-4-11(10-20-13)16(17,18)19;7-5-2-1-4(3-11-5)6(8,9)10/h4-5,10,12H,6-9H2,1-3H3,(H,20,21);1-3H. The number of pyridine rings is 2. The molecule has 2 aromatic rings. The number of nitrogens with one attached hydrogen (secondary N) is 1. The molecular formula is C22H25ClF6N4O2. The Labute approximate surface area is 203 Å². The zero-order valence-electron chi connectivity index (χ0n) is 19.2. The molecule has 0 spiro atoms. The van der Waals surface area contributed by atoms with Crippen LogP contribution in [0.1, 0.15) is 44.7 Å². The van der Waals surface area contributed by atoms with Gasteiger partial charge in [0, 0.05) is 31.5 Å². The zero-order chi connectivity index (χ0) is 26.4. The van der Waals surface area contributed by atoms with Crippen molar-refractivity contribution in [1.29, 1.82) is 0 Å². The molecule has 6 nitrogen and oxygen atoms in total. The highest BCUT2D eigenvalue weighted by atomic mass is 35.5. The molecule has 3 heterocycles. The van der Waals surface area contributed by atoms with Crippen LogP contribution in [0.3, 0.4) is 0 Å². The number of aromatic nitrogens is 2. The van der Waals surface area contributed by atoms with Crippen molar-refractivity contribution in [3.63, 3.8) is 0 Å². The summed E-state index contributed by atoms with van der Waals surface area (Å²) in [6.45, 7) is 6.51. The Hall–Kier alpha value is -2.76. The Morgan fingerprint density at radius 3 is 1.86 bits per heavy atom. The SMILES string of the molecule is CC(C)(C)OC(=O)N1CCC(Nc2ccc(C(F)(F)F)cn2)CC1.FC(F)(F)c1ccc(Cl)nc1. The Kier molecular flexibility index (Phi) is 9.21. The summed E-state index contributed by atoms with van der Waals surface area (Å²) in [4.78, 5) is 20.7. The van der Waals surface area contributed by atoms with Crippen LogP contribution < -0.4 is 5.32 Å². The molecule has 0 bridgehead atoms. The molecule has 35 heavy (non-hydrogen) atoms. The van der Waals surface area contributed by atoms with E-state index >= 15 is 0 Å². The average Bonchev–Trinajstić information content (AvgIpc) is 2.73. The number of hydrogen-bond acceptors (Lipinski definition) is 5. The second-order valence-corrected chi connectivity index (χ2v) is 9.07. The topological polar surface area (TPSA) is 67.3 Å². The summed E-state index contributed by atoms with van der Waals surface area (Å²) < 4.78 is 78.3. The molecule has 2 aromatic heterocycles. The maximum absolute atomic E-state index is 12.5. The summed E-state index contributed by atoms with van der Waals surface area (Å²) in [6, 6.07) is 4.38. The first-order chi connectivity index (χ1) is 16.0. The molecule has 1 fully saturated rings. The number of ether oxygens (including phenoxy) is 1. The molecule has 0 unspecified atom stereocenters. The smallest absolute Gasteiger partial charge is 0.417 e. The Balaban J connectivity index is 0.000000328. The molecule has 0 aromatic carbocycles. The lowest BCUT2D eigenvalue weighted by Crippen LogP contribution is -2.44. The molecule has 1 N–H and O–H groups in total. The number of amides is 1. The van der Waals surface area contributed by atoms with Crippen LogP contribution in [0.2, 0.25) is 5.15 Å². The van der Waals surface area contributed by atoms with Crippen molar-refractivity contribution in [1.82, 2.24) is 14.9 Å². The minimum Gasteiger partial charge on any atom is -0.444 e. The van der Waals surface area contributed by atoms with Crippen LogP contribution in [0.4, 0.5) is 37.0 Å². The third kappa shape index (κ3) is 9.79. The lowest BCUT2D eigenvalue weighted by molar-refractivity contribution is -0.138. The highest BCUT2D eigenvalue weighted by Gasteiger charge is 2.32. The molecule has 194 valence electrons. The van der Waals surface area contributed by atoms with Gasteiger partial charge in [0.2, 0.25) is 0 Å². The van der Waals surface area contributed by atoms with Crippen molar-refractivity contribution >= 4 is 23.5 Å². The Morgan fingerprint density at radius 1 is 0.943 bits per heavy atom. The van der Waals surface area contributed by atoms with Gasteiger partial charge in [-0.1, -0.05) is 11.6 Å². The van der Waals surface area contributed by atoms with Gasteiger partial charge in [0.25, 0.3) is 0 Å². The van der Waals surface area contributed by atoms with E-state index in [1.807, 2.05) is 20.8 Å². The predicted octanol–water partition coefficient (Wildman–Crippen LogP) is 6.67. The third-order valence-corrected chi connectivity index (χ3v) is 4.87. The lowest BCUT2D eigenvalue weighted by atomic mass is 10.1. The quantitative estimate of drug-likeness (QED) is 0.350. The number of hydrogen-bond donors (Lipinski definition) is 1. The van der Waals surface area contributed by atoms with E-state index in [9.17, 15) is 31.1 Å². The van der Waals surface area contributed by atoms with Crippen LogP contribution in [0.5, 0.6) is 0 Å². The van der Waals surface area contributed by atoms with E-state index in [2.05, 4.69) is 15.3 Å². The fraction of sp³-hybridized carbons (Fsp3) is 0.500. The van der Waals surface area contributed by atoms with Crippen LogP contribution in [0, 0.1) is 0 Å². The van der Waals surface area contributed by atoms with Gasteiger partial charge in [0.05, 0.1) is 11.1 Å². The van der Waals surface area contributed by atoms with Gasteiger partial charge in [-0.15, -0.1) is 0 Å². The van der Waals surface area contributed by atoms with Crippen molar-refractivity contribution in [2.24, 2.45) is 0 Å². The van der Waals surface area contributed by atoms with Gasteiger partial charge in [0.1, 0.15) is 16.6 Å². The number of carbonyl (C=O) groups is 1. The third-order valence-electron chi connectivity index (χ3n) is 4.64. The first-order valence-electron chi connectivity index (χ1n) is 10.5. The molecule has 0 radical (unpaired) electrons. The van der Waals surface area contributed by atoms with Crippen molar-refractivity contribution in [3.8, 4) is 0 Å². The molecule has 0 saturated carbocycles. The summed E-state index contributed by atoms with van der Waals surface area (Å²) in [6.07, 6.45) is -6.18. The van der Waals surface area contributed by atoms with Crippen LogP contribution in [0.25, 0.3) is 0 Å². The van der Waals surface area contributed by atoms with E-state index in [0.717, 1.165) is 24.4 Å². The van der Waals surface area contributed by atoms with Gasteiger partial charge in [-0.2, -0.15) is 26.3 Å². The summed E-state index contributed by atoms with van der Waals surface area (Å²) in [5, 5.41) is 3.16. The predicted molar refractivity (Wildman–Crippen MR) is 118 cm³/mol. The van der Waals surface area contributed by atoms with E-state index in [1.54, 1.807) is 4.90 Å². The number of anilines is 1. The molecule has 13 heteroatoms. The first-order valence-corrected chi connectivity index (χ1v) is 10.9. The van der Waals surface area contributed by atoms with Crippen molar-refractivity contribution in [2.45, 2.75) is 57.6 Å². The zero-order valence-corrected chi connectivity index (χ0v) is 19.9. The van der Waals surface area contributed by atoms with Crippen LogP contribution in [-0.4, -0.2) is 45.7 Å². The van der Waals surface area contributed by atoms with Crippen molar-refractivity contribution in [3.05, 3.63) is 52.9 Å². The molecule has 3 rings (SSSR count). The van der Waals surface area contributed by atoms with Gasteiger partial charge < -0.3 is 15.0 Å². The maximum Gasteiger partial charge on any atom is 0.417 e. The van der Waals surface area contributed by atoms with E-state index in [0.29, 0.717) is 37.9 Å². The van der Waals surface area contributed by atoms with Gasteiger partial charge in [-0.3, -0.25) is 0 Å². The number of halogens is 7. The highest BCUT2D eigenvalue weighted by Crippen LogP contribution is 2.30. The number of alkyl halides is 6. The number of nitrogens with zero attached hydrogens (tertiary/aromatic N) is 3. The molecule has 1 saturated heterocycles. The number of carbonyl (C=O) groups excluding carboxylic acids is 1. The first kappa shape index (κ1) is 28.5. The summed E-state index contributed by atoms with van der Waals surface area (Å²) in [7, 11) is 0. The van der Waals surface area contributed by atoms with Crippen molar-refractivity contribution in [2.75, 3.05) is 18.4 Å². The maximum atomic E-state index is 12.5. The van der Waals surface area contributed by atoms with E-state index in [1.165, 1.54) is 6.07 Å². The van der Waals surface area contributed by atoms with E-state index in [-0.39, 0.29) is 17.3 Å². The van der Waals surface area contributed by atoms with Crippen LogP contribution >= 0.6 is 11.6 Å². The lowest BCUT2D eigenvalue weighted by Gasteiger charge is -2.33. The highest BCUT2D eigenvalue weighted by molar-refractivity contribution is 6.29. The number of rotatable bonds is 2. The molecule has 1 aliphatic heterocycles. The largest absolute Gasteiger partial charge is 0.444 e. The van der Waals surface area contributed by atoms with E-state index in [4.69, 9.17) is 16.3 Å². The van der Waals surface area contributed by atoms with E-state index < -0.39 is 29.1 Å². The van der Waals surface area contributed by atoms with Crippen LogP contribution in [0.15, 0.2) is 36.7 Å². The van der Waals surface area contributed by atoms with Crippen LogP contribution in [-0.2, 0) is 17.1 Å². The Morgan fingerprint density at radius 2 is 1.46 bits per heavy atom. The second-order valence-electron chi connectivity index (χ2n) is 8.68. The molecular weight excluding hydrogens is 502 g/mol. The molecule has 1 aliphatic rings. The van der Waals surface area contributed by atoms with Gasteiger partial charge in [0.15, 0.2) is 0 Å². The summed E-state index contributed by atoms with van der Waals surface area (Å²) in [5.74, 6) is 0.402. The molecule has 0 atom stereocenters. The van der Waals surface area contributed by atoms with Gasteiger partial charge in [-0.25, -0.2) is 14.8 Å². The second kappa shape index (κ2) is 11.3. The Bertz CT molecular complexity index is 952. The minimum atomic E-state index is -4.38. The molecule has 1 amide bonds. The number of piperidine rings is 1. The van der Waals surface area contributed by atoms with Gasteiger partial charge in [-0.05, 0) is 57.9 Å². The monoisotopic (exact) mass is 526 g/mol. The molecule has 0 aliphatic carbocycles.